The number of fused-ring (bicyclic) bond motifs is 9. The lowest BCUT2D eigenvalue weighted by molar-refractivity contribution is 1.31. The van der Waals surface area contributed by atoms with Gasteiger partial charge in [0.1, 0.15) is 5.01 Å². The van der Waals surface area contributed by atoms with E-state index in [1.165, 1.54) is 78.4 Å². The van der Waals surface area contributed by atoms with Crippen LogP contribution in [0.25, 0.3) is 83.4 Å². The summed E-state index contributed by atoms with van der Waals surface area (Å²) in [6.07, 6.45) is 0. The molecule has 5 heteroatoms. The third-order valence-corrected chi connectivity index (χ3v) is 13.1. The molecule has 10 aromatic rings. The maximum atomic E-state index is 5.21. The van der Waals surface area contributed by atoms with E-state index in [-0.39, 0.29) is 0 Å². The van der Waals surface area contributed by atoms with E-state index < -0.39 is 0 Å². The fourth-order valence-electron chi connectivity index (χ4n) is 7.50. The van der Waals surface area contributed by atoms with Crippen molar-refractivity contribution >= 4 is 102 Å². The summed E-state index contributed by atoms with van der Waals surface area (Å²) in [7, 11) is 0. The molecule has 1 aliphatic rings. The average molecular weight is 665 g/mol. The van der Waals surface area contributed by atoms with Crippen LogP contribution in [0.3, 0.4) is 0 Å². The molecule has 7 aromatic carbocycles. The summed E-state index contributed by atoms with van der Waals surface area (Å²) in [4.78, 5) is 8.93. The minimum atomic E-state index is 1.07. The molecule has 0 fully saturated rings. The summed E-state index contributed by atoms with van der Waals surface area (Å²) in [5.74, 6) is 0. The highest BCUT2D eigenvalue weighted by molar-refractivity contribution is 7.26. The summed E-state index contributed by atoms with van der Waals surface area (Å²) in [5.41, 5.74) is 8.26. The Labute approximate surface area is 288 Å². The largest absolute Gasteiger partial charge is 0.310 e. The smallest absolute Gasteiger partial charge is 0.124 e. The van der Waals surface area contributed by atoms with Gasteiger partial charge in [0.15, 0.2) is 0 Å². The molecule has 0 bridgehead atoms. The molecular weight excluding hydrogens is 641 g/mol. The van der Waals surface area contributed by atoms with Crippen molar-refractivity contribution in [1.82, 2.24) is 4.98 Å². The van der Waals surface area contributed by atoms with Gasteiger partial charge in [0.05, 0.1) is 16.3 Å². The van der Waals surface area contributed by atoms with Crippen LogP contribution in [0.15, 0.2) is 146 Å². The second-order valence-corrected chi connectivity index (χ2v) is 15.5. The molecule has 1 aliphatic carbocycles. The van der Waals surface area contributed by atoms with Gasteiger partial charge in [-0.25, -0.2) is 4.98 Å². The first-order valence-electron chi connectivity index (χ1n) is 16.0. The van der Waals surface area contributed by atoms with E-state index in [1.54, 1.807) is 11.3 Å². The van der Waals surface area contributed by atoms with Gasteiger partial charge in [0.2, 0.25) is 0 Å². The van der Waals surface area contributed by atoms with Gasteiger partial charge in [-0.2, -0.15) is 0 Å². The molecule has 0 unspecified atom stereocenters. The lowest BCUT2D eigenvalue weighted by atomic mass is 10.0. The monoisotopic (exact) mass is 664 g/mol. The van der Waals surface area contributed by atoms with Crippen LogP contribution in [-0.2, 0) is 0 Å². The topological polar surface area (TPSA) is 16.1 Å². The van der Waals surface area contributed by atoms with Gasteiger partial charge in [-0.05, 0) is 42.5 Å². The SMILES string of the molecule is c1ccc(-c2nc3c(s2)-c2ccc(N(c4ccc5c(c4)sc4ccccc45)c4ccc5c(c4)sc4ccccc45)c4cccc-3c24)cc1. The van der Waals surface area contributed by atoms with Crippen LogP contribution in [-0.4, -0.2) is 4.98 Å². The van der Waals surface area contributed by atoms with E-state index >= 15 is 0 Å². The molecular formula is C43H24N2S3. The van der Waals surface area contributed by atoms with Crippen molar-refractivity contribution in [2.45, 2.75) is 0 Å². The van der Waals surface area contributed by atoms with Crippen LogP contribution in [0.5, 0.6) is 0 Å². The Morgan fingerprint density at radius 1 is 0.438 bits per heavy atom. The number of aromatic nitrogens is 1. The van der Waals surface area contributed by atoms with Crippen LogP contribution in [0.1, 0.15) is 0 Å². The summed E-state index contributed by atoms with van der Waals surface area (Å²) >= 11 is 5.53. The predicted octanol–water partition coefficient (Wildman–Crippen LogP) is 13.8. The van der Waals surface area contributed by atoms with E-state index in [9.17, 15) is 0 Å². The van der Waals surface area contributed by atoms with Crippen LogP contribution in [0.2, 0.25) is 0 Å². The van der Waals surface area contributed by atoms with Crippen molar-refractivity contribution < 1.29 is 0 Å². The van der Waals surface area contributed by atoms with Crippen LogP contribution < -0.4 is 4.90 Å². The fourth-order valence-corrected chi connectivity index (χ4v) is 10.9. The predicted molar refractivity (Wildman–Crippen MR) is 210 cm³/mol. The number of thiophene rings is 2. The lowest BCUT2D eigenvalue weighted by Crippen LogP contribution is -2.10. The Kier molecular flexibility index (Phi) is 5.61. The molecule has 224 valence electrons. The van der Waals surface area contributed by atoms with Gasteiger partial charge in [-0.15, -0.1) is 34.0 Å². The second kappa shape index (κ2) is 10.1. The second-order valence-electron chi connectivity index (χ2n) is 12.3. The summed E-state index contributed by atoms with van der Waals surface area (Å²) in [6.45, 7) is 0. The van der Waals surface area contributed by atoms with Gasteiger partial charge in [0.25, 0.3) is 0 Å². The number of anilines is 3. The van der Waals surface area contributed by atoms with Gasteiger partial charge in [-0.3, -0.25) is 0 Å². The standard InChI is InChI=1S/C43H24N2S3/c1-2-9-25(10-3-1)43-44-41-33-14-8-13-32-35(22-21-34(40(32)33)42(41)48-43)45(26-17-19-30-28-11-4-6-15-36(28)46-38(30)23-26)27-18-20-31-29-12-5-7-16-37(29)47-39(31)24-27/h1-24H. The number of benzene rings is 7. The molecule has 0 aliphatic heterocycles. The van der Waals surface area contributed by atoms with Gasteiger partial charge in [-0.1, -0.05) is 103 Å². The first-order chi connectivity index (χ1) is 23.8. The minimum absolute atomic E-state index is 1.07. The van der Waals surface area contributed by atoms with Crippen molar-refractivity contribution in [3.63, 3.8) is 0 Å². The zero-order valence-electron chi connectivity index (χ0n) is 25.5. The number of nitrogens with zero attached hydrogens (tertiary/aromatic N) is 2. The molecule has 0 N–H and O–H groups in total. The molecule has 3 heterocycles. The molecule has 0 amide bonds. The Morgan fingerprint density at radius 3 is 1.73 bits per heavy atom. The van der Waals surface area contributed by atoms with E-state index in [2.05, 4.69) is 150 Å². The Morgan fingerprint density at radius 2 is 1.04 bits per heavy atom. The van der Waals surface area contributed by atoms with Gasteiger partial charge < -0.3 is 4.90 Å². The lowest BCUT2D eigenvalue weighted by Gasteiger charge is -2.27. The minimum Gasteiger partial charge on any atom is -0.310 e. The number of hydrogen-bond donors (Lipinski definition) is 0. The first-order valence-corrected chi connectivity index (χ1v) is 18.5. The van der Waals surface area contributed by atoms with Crippen molar-refractivity contribution in [2.75, 3.05) is 4.90 Å². The van der Waals surface area contributed by atoms with E-state index in [0.717, 1.165) is 22.1 Å². The first kappa shape index (κ1) is 26.7. The molecule has 48 heavy (non-hydrogen) atoms. The van der Waals surface area contributed by atoms with Crippen molar-refractivity contribution in [3.05, 3.63) is 146 Å². The van der Waals surface area contributed by atoms with Gasteiger partial charge in [0, 0.05) is 79.2 Å². The zero-order chi connectivity index (χ0) is 31.3. The van der Waals surface area contributed by atoms with Crippen molar-refractivity contribution in [3.8, 4) is 32.3 Å². The number of thiazole rings is 1. The molecule has 2 nitrogen and oxygen atoms in total. The molecule has 0 saturated heterocycles. The van der Waals surface area contributed by atoms with Crippen molar-refractivity contribution in [2.24, 2.45) is 0 Å². The summed E-state index contributed by atoms with van der Waals surface area (Å²) in [6, 6.07) is 53.3. The van der Waals surface area contributed by atoms with E-state index in [4.69, 9.17) is 4.98 Å². The normalized spacial score (nSPS) is 12.2. The van der Waals surface area contributed by atoms with E-state index in [1.807, 2.05) is 22.7 Å². The maximum Gasteiger partial charge on any atom is 0.124 e. The highest BCUT2D eigenvalue weighted by Gasteiger charge is 2.29. The van der Waals surface area contributed by atoms with Crippen LogP contribution >= 0.6 is 34.0 Å². The van der Waals surface area contributed by atoms with Crippen LogP contribution in [0, 0.1) is 0 Å². The third kappa shape index (κ3) is 3.81. The molecule has 3 aromatic heterocycles. The summed E-state index contributed by atoms with van der Waals surface area (Å²) < 4.78 is 5.24. The number of hydrogen-bond acceptors (Lipinski definition) is 5. The average Bonchev–Trinajstić information content (AvgIpc) is 3.90. The quantitative estimate of drug-likeness (QED) is 0.186. The Hall–Kier alpha value is -5.33. The highest BCUT2D eigenvalue weighted by Crippen LogP contribution is 2.54. The summed E-state index contributed by atoms with van der Waals surface area (Å²) in [5, 5.41) is 8.86. The highest BCUT2D eigenvalue weighted by atomic mass is 32.1. The fraction of sp³-hybridized carbons (Fsp3) is 0. The molecule has 0 radical (unpaired) electrons. The third-order valence-electron chi connectivity index (χ3n) is 9.65. The zero-order valence-corrected chi connectivity index (χ0v) is 27.9. The molecule has 0 atom stereocenters. The van der Waals surface area contributed by atoms with Crippen molar-refractivity contribution in [1.29, 1.82) is 0 Å². The molecule has 11 rings (SSSR count). The van der Waals surface area contributed by atoms with Gasteiger partial charge >= 0.3 is 0 Å². The molecule has 0 spiro atoms. The molecule has 0 saturated carbocycles. The Balaban J connectivity index is 1.14. The Bertz CT molecular complexity index is 2770. The van der Waals surface area contributed by atoms with Crippen LogP contribution in [0.4, 0.5) is 17.1 Å². The van der Waals surface area contributed by atoms with E-state index in [0.29, 0.717) is 0 Å². The number of rotatable bonds is 4. The maximum absolute atomic E-state index is 5.21.